The van der Waals surface area contributed by atoms with Crippen LogP contribution >= 0.6 is 23.4 Å². The minimum Gasteiger partial charge on any atom is -0.376 e. The van der Waals surface area contributed by atoms with Gasteiger partial charge in [-0.3, -0.25) is 4.57 Å². The number of benzene rings is 1. The van der Waals surface area contributed by atoms with E-state index in [9.17, 15) is 9.18 Å². The van der Waals surface area contributed by atoms with Gasteiger partial charge in [0, 0.05) is 11.9 Å². The van der Waals surface area contributed by atoms with Gasteiger partial charge in [-0.25, -0.2) is 14.3 Å². The first-order valence-corrected chi connectivity index (χ1v) is 8.69. The Morgan fingerprint density at radius 2 is 2.43 bits per heavy atom. The Balaban J connectivity index is 1.76. The number of nitrogens with zero attached hydrogens (tertiary/aromatic N) is 2. The summed E-state index contributed by atoms with van der Waals surface area (Å²) < 4.78 is 20.5. The molecule has 8 heteroatoms. The van der Waals surface area contributed by atoms with E-state index in [2.05, 4.69) is 10.2 Å². The number of H-pyrrole nitrogens is 1. The molecule has 0 aliphatic carbocycles. The molecule has 0 amide bonds. The van der Waals surface area contributed by atoms with Crippen LogP contribution in [0.25, 0.3) is 0 Å². The highest BCUT2D eigenvalue weighted by molar-refractivity contribution is 7.99. The van der Waals surface area contributed by atoms with E-state index in [0.29, 0.717) is 11.7 Å². The number of rotatable bonds is 5. The van der Waals surface area contributed by atoms with Gasteiger partial charge in [0.2, 0.25) is 0 Å². The van der Waals surface area contributed by atoms with Crippen molar-refractivity contribution in [3.05, 3.63) is 45.1 Å². The summed E-state index contributed by atoms with van der Waals surface area (Å²) in [5, 5.41) is 7.24. The molecule has 5 nitrogen and oxygen atoms in total. The largest absolute Gasteiger partial charge is 0.376 e. The number of hydrogen-bond acceptors (Lipinski definition) is 4. The Morgan fingerprint density at radius 3 is 3.13 bits per heavy atom. The fourth-order valence-corrected chi connectivity index (χ4v) is 3.71. The molecule has 0 bridgehead atoms. The van der Waals surface area contributed by atoms with Gasteiger partial charge >= 0.3 is 5.69 Å². The Bertz CT molecular complexity index is 743. The van der Waals surface area contributed by atoms with Crippen LogP contribution in [0.2, 0.25) is 5.02 Å². The van der Waals surface area contributed by atoms with E-state index in [0.717, 1.165) is 25.0 Å². The van der Waals surface area contributed by atoms with Crippen molar-refractivity contribution in [3.63, 3.8) is 0 Å². The van der Waals surface area contributed by atoms with Crippen molar-refractivity contribution < 1.29 is 9.13 Å². The van der Waals surface area contributed by atoms with Gasteiger partial charge < -0.3 is 4.74 Å². The maximum absolute atomic E-state index is 13.3. The molecule has 1 saturated heterocycles. The van der Waals surface area contributed by atoms with Gasteiger partial charge in [-0.05, 0) is 37.5 Å². The van der Waals surface area contributed by atoms with Crippen molar-refractivity contribution >= 4 is 23.4 Å². The molecule has 2 unspecified atom stereocenters. The van der Waals surface area contributed by atoms with Gasteiger partial charge in [0.05, 0.1) is 17.7 Å². The maximum Gasteiger partial charge on any atom is 0.344 e. The van der Waals surface area contributed by atoms with Gasteiger partial charge in [-0.15, -0.1) is 5.10 Å². The number of hydrogen-bond donors (Lipinski definition) is 1. The molecule has 1 N–H and O–H groups in total. The first kappa shape index (κ1) is 16.5. The van der Waals surface area contributed by atoms with E-state index in [4.69, 9.17) is 16.3 Å². The Hall–Kier alpha value is -1.31. The zero-order chi connectivity index (χ0) is 16.4. The summed E-state index contributed by atoms with van der Waals surface area (Å²) in [5.41, 5.74) is 0.632. The molecule has 2 aromatic rings. The molecule has 1 aromatic heterocycles. The highest BCUT2D eigenvalue weighted by Crippen LogP contribution is 2.34. The van der Waals surface area contributed by atoms with Crippen molar-refractivity contribution in [2.75, 3.05) is 6.61 Å². The van der Waals surface area contributed by atoms with E-state index in [1.165, 1.54) is 17.8 Å². The van der Waals surface area contributed by atoms with E-state index in [1.54, 1.807) is 16.7 Å². The quantitative estimate of drug-likeness (QED) is 0.833. The second-order valence-electron chi connectivity index (χ2n) is 5.49. The van der Waals surface area contributed by atoms with Crippen molar-refractivity contribution in [1.82, 2.24) is 14.8 Å². The SMILES string of the molecule is CC(Sc1n[nH]c(=O)n1CC1CCCO1)c1ccc(F)c(Cl)c1. The standard InChI is InChI=1S/C15H17ClFN3O2S/c1-9(10-4-5-13(17)12(16)7-10)23-15-19-18-14(21)20(15)8-11-3-2-6-22-11/h4-5,7,9,11H,2-3,6,8H2,1H3,(H,18,21). The zero-order valence-electron chi connectivity index (χ0n) is 12.6. The lowest BCUT2D eigenvalue weighted by Gasteiger charge is -2.14. The molecule has 124 valence electrons. The Morgan fingerprint density at radius 1 is 1.61 bits per heavy atom. The number of aromatic amines is 1. The molecule has 3 rings (SSSR count). The lowest BCUT2D eigenvalue weighted by atomic mass is 10.2. The third-order valence-electron chi connectivity index (χ3n) is 3.83. The molecule has 0 saturated carbocycles. The number of aromatic nitrogens is 3. The lowest BCUT2D eigenvalue weighted by Crippen LogP contribution is -2.25. The van der Waals surface area contributed by atoms with Crippen LogP contribution in [0.3, 0.4) is 0 Å². The molecule has 2 atom stereocenters. The summed E-state index contributed by atoms with van der Waals surface area (Å²) in [4.78, 5) is 11.9. The van der Waals surface area contributed by atoms with Crippen LogP contribution in [0.4, 0.5) is 4.39 Å². The second-order valence-corrected chi connectivity index (χ2v) is 7.21. The van der Waals surface area contributed by atoms with Gasteiger partial charge in [0.15, 0.2) is 5.16 Å². The molecule has 1 aromatic carbocycles. The van der Waals surface area contributed by atoms with E-state index in [1.807, 2.05) is 6.92 Å². The summed E-state index contributed by atoms with van der Waals surface area (Å²) in [6, 6.07) is 4.64. The zero-order valence-corrected chi connectivity index (χ0v) is 14.2. The normalized spacial score (nSPS) is 19.2. The van der Waals surface area contributed by atoms with Crippen LogP contribution in [0.1, 0.15) is 30.6 Å². The van der Waals surface area contributed by atoms with Crippen LogP contribution in [-0.4, -0.2) is 27.5 Å². The minimum atomic E-state index is -0.442. The molecule has 0 radical (unpaired) electrons. The van der Waals surface area contributed by atoms with Crippen molar-refractivity contribution in [2.45, 2.75) is 42.8 Å². The number of halogens is 2. The van der Waals surface area contributed by atoms with Crippen LogP contribution in [0, 0.1) is 5.82 Å². The van der Waals surface area contributed by atoms with Crippen molar-refractivity contribution in [3.8, 4) is 0 Å². The highest BCUT2D eigenvalue weighted by atomic mass is 35.5. The summed E-state index contributed by atoms with van der Waals surface area (Å²) in [7, 11) is 0. The Labute approximate surface area is 142 Å². The molecular formula is C15H17ClFN3O2S. The second kappa shape index (κ2) is 7.07. The summed E-state index contributed by atoms with van der Waals surface area (Å²) in [5.74, 6) is -0.442. The van der Waals surface area contributed by atoms with Crippen molar-refractivity contribution in [1.29, 1.82) is 0 Å². The van der Waals surface area contributed by atoms with Crippen LogP contribution < -0.4 is 5.69 Å². The third kappa shape index (κ3) is 3.79. The molecular weight excluding hydrogens is 341 g/mol. The average molecular weight is 358 g/mol. The van der Waals surface area contributed by atoms with Gasteiger partial charge in [0.25, 0.3) is 0 Å². The number of ether oxygens (including phenoxy) is 1. The average Bonchev–Trinajstić information content (AvgIpc) is 3.15. The summed E-state index contributed by atoms with van der Waals surface area (Å²) >= 11 is 7.26. The van der Waals surface area contributed by atoms with Crippen LogP contribution in [-0.2, 0) is 11.3 Å². The van der Waals surface area contributed by atoms with Gasteiger partial charge in [-0.2, -0.15) is 0 Å². The van der Waals surface area contributed by atoms with E-state index in [-0.39, 0.29) is 22.1 Å². The fourth-order valence-electron chi connectivity index (χ4n) is 2.54. The first-order valence-electron chi connectivity index (χ1n) is 7.43. The van der Waals surface area contributed by atoms with Gasteiger partial charge in [-0.1, -0.05) is 29.4 Å². The molecule has 23 heavy (non-hydrogen) atoms. The molecule has 2 heterocycles. The molecule has 1 aliphatic heterocycles. The predicted octanol–water partition coefficient (Wildman–Crippen LogP) is 3.40. The summed E-state index contributed by atoms with van der Waals surface area (Å²) in [6.07, 6.45) is 2.02. The maximum atomic E-state index is 13.3. The topological polar surface area (TPSA) is 59.9 Å². The molecule has 1 fully saturated rings. The van der Waals surface area contributed by atoms with E-state index >= 15 is 0 Å². The highest BCUT2D eigenvalue weighted by Gasteiger charge is 2.21. The number of nitrogens with one attached hydrogen (secondary N) is 1. The molecule has 0 spiro atoms. The van der Waals surface area contributed by atoms with Gasteiger partial charge in [0.1, 0.15) is 5.82 Å². The Kier molecular flexibility index (Phi) is 5.08. The van der Waals surface area contributed by atoms with E-state index < -0.39 is 5.82 Å². The minimum absolute atomic E-state index is 0.0217. The van der Waals surface area contributed by atoms with Crippen LogP contribution in [0.15, 0.2) is 28.2 Å². The van der Waals surface area contributed by atoms with Crippen LogP contribution in [0.5, 0.6) is 0 Å². The first-order chi connectivity index (χ1) is 11.0. The third-order valence-corrected chi connectivity index (χ3v) is 5.27. The van der Waals surface area contributed by atoms with Crippen molar-refractivity contribution in [2.24, 2.45) is 0 Å². The predicted molar refractivity (Wildman–Crippen MR) is 87.5 cm³/mol. The lowest BCUT2D eigenvalue weighted by molar-refractivity contribution is 0.0941. The smallest absolute Gasteiger partial charge is 0.344 e. The molecule has 1 aliphatic rings. The summed E-state index contributed by atoms with van der Waals surface area (Å²) in [6.45, 7) is 3.20. The monoisotopic (exact) mass is 357 g/mol. The fraction of sp³-hybridized carbons (Fsp3) is 0.467. The number of thioether (sulfide) groups is 1.